The zero-order valence-electron chi connectivity index (χ0n) is 20.7. The Morgan fingerprint density at radius 2 is 1.44 bits per heavy atom. The number of allylic oxidation sites excluding steroid dienone is 1. The second-order valence-corrected chi connectivity index (χ2v) is 8.29. The molecule has 0 aliphatic carbocycles. The van der Waals surface area contributed by atoms with Gasteiger partial charge in [-0.25, -0.2) is 0 Å². The van der Waals surface area contributed by atoms with Gasteiger partial charge >= 0.3 is 17.9 Å². The number of nitrogens with one attached hydrogen (secondary N) is 1. The minimum Gasteiger partial charge on any atom is -0.463 e. The molecule has 0 spiro atoms. The third-order valence-corrected chi connectivity index (χ3v) is 5.16. The van der Waals surface area contributed by atoms with Crippen LogP contribution in [0, 0.1) is 0 Å². The van der Waals surface area contributed by atoms with Gasteiger partial charge in [-0.1, -0.05) is 31.8 Å². The summed E-state index contributed by atoms with van der Waals surface area (Å²) < 4.78 is 27.7. The summed E-state index contributed by atoms with van der Waals surface area (Å²) in [7, 11) is 0. The molecule has 1 saturated heterocycles. The highest BCUT2D eigenvalue weighted by molar-refractivity contribution is 5.73. The van der Waals surface area contributed by atoms with E-state index in [-0.39, 0.29) is 6.61 Å². The van der Waals surface area contributed by atoms with E-state index >= 15 is 0 Å². The average molecular weight is 486 g/mol. The van der Waals surface area contributed by atoms with E-state index < -0.39 is 54.5 Å². The number of unbranched alkanes of at least 4 members (excludes halogenated alkanes) is 6. The number of rotatable bonds is 15. The van der Waals surface area contributed by atoms with Gasteiger partial charge in [-0.2, -0.15) is 0 Å². The van der Waals surface area contributed by atoms with E-state index in [4.69, 9.17) is 23.7 Å². The Morgan fingerprint density at radius 1 is 0.853 bits per heavy atom. The molecule has 0 aromatic rings. The van der Waals surface area contributed by atoms with Crippen LogP contribution < -0.4 is 5.32 Å². The van der Waals surface area contributed by atoms with Crippen molar-refractivity contribution < 1.29 is 42.9 Å². The molecule has 0 unspecified atom stereocenters. The lowest BCUT2D eigenvalue weighted by molar-refractivity contribution is -0.277. The van der Waals surface area contributed by atoms with Gasteiger partial charge in [-0.05, 0) is 19.3 Å². The fourth-order valence-corrected chi connectivity index (χ4v) is 3.73. The zero-order chi connectivity index (χ0) is 25.5. The molecule has 34 heavy (non-hydrogen) atoms. The van der Waals surface area contributed by atoms with E-state index in [9.17, 15) is 19.2 Å². The number of amides is 1. The van der Waals surface area contributed by atoms with Gasteiger partial charge in [-0.3, -0.25) is 19.2 Å². The highest BCUT2D eigenvalue weighted by Crippen LogP contribution is 2.28. The Bertz CT molecular complexity index is 681. The highest BCUT2D eigenvalue weighted by atomic mass is 16.7. The summed E-state index contributed by atoms with van der Waals surface area (Å²) >= 11 is 0. The van der Waals surface area contributed by atoms with Gasteiger partial charge in [0.05, 0.1) is 0 Å². The van der Waals surface area contributed by atoms with E-state index in [0.29, 0.717) is 6.61 Å². The van der Waals surface area contributed by atoms with Crippen LogP contribution in [0.1, 0.15) is 72.6 Å². The Hall–Kier alpha value is -2.46. The molecular formula is C24H39NO9. The Labute approximate surface area is 201 Å². The summed E-state index contributed by atoms with van der Waals surface area (Å²) in [6.45, 7) is 8.76. The Kier molecular flexibility index (Phi) is 14.1. The van der Waals surface area contributed by atoms with E-state index in [2.05, 4.69) is 11.9 Å². The van der Waals surface area contributed by atoms with E-state index in [1.807, 2.05) is 6.08 Å². The number of ether oxygens (including phenoxy) is 5. The first-order chi connectivity index (χ1) is 16.1. The molecule has 1 fully saturated rings. The van der Waals surface area contributed by atoms with Crippen molar-refractivity contribution in [2.45, 2.75) is 103 Å². The average Bonchev–Trinajstić information content (AvgIpc) is 2.74. The molecule has 1 rings (SSSR count). The van der Waals surface area contributed by atoms with Crippen molar-refractivity contribution in [2.75, 3.05) is 13.2 Å². The summed E-state index contributed by atoms with van der Waals surface area (Å²) in [6, 6.07) is -0.932. The molecular weight excluding hydrogens is 446 g/mol. The SMILES string of the molecule is C=CCCCCCCCCO[C@H]1O[C@H](COC(C)=O)[C@H](OC(C)=O)[C@H](OC(C)=O)[C@@H]1NC(C)=O. The van der Waals surface area contributed by atoms with E-state index in [0.717, 1.165) is 44.9 Å². The van der Waals surface area contributed by atoms with E-state index in [1.54, 1.807) is 0 Å². The quantitative estimate of drug-likeness (QED) is 0.161. The monoisotopic (exact) mass is 485 g/mol. The molecule has 194 valence electrons. The maximum absolute atomic E-state index is 11.9. The maximum atomic E-state index is 11.9. The molecule has 0 aromatic carbocycles. The molecule has 1 amide bonds. The second kappa shape index (κ2) is 16.2. The first-order valence-corrected chi connectivity index (χ1v) is 11.8. The number of hydrogen-bond acceptors (Lipinski definition) is 9. The lowest BCUT2D eigenvalue weighted by Crippen LogP contribution is -2.66. The van der Waals surface area contributed by atoms with Crippen molar-refractivity contribution in [3.63, 3.8) is 0 Å². The molecule has 0 radical (unpaired) electrons. The number of esters is 3. The topological polar surface area (TPSA) is 126 Å². The molecule has 10 nitrogen and oxygen atoms in total. The summed E-state index contributed by atoms with van der Waals surface area (Å²) in [5, 5.41) is 2.68. The van der Waals surface area contributed by atoms with Crippen LogP contribution >= 0.6 is 0 Å². The lowest BCUT2D eigenvalue weighted by atomic mass is 9.96. The van der Waals surface area contributed by atoms with Gasteiger partial charge in [0.1, 0.15) is 18.8 Å². The van der Waals surface area contributed by atoms with Crippen molar-refractivity contribution in [1.29, 1.82) is 0 Å². The van der Waals surface area contributed by atoms with E-state index in [1.165, 1.54) is 27.7 Å². The van der Waals surface area contributed by atoms with Gasteiger partial charge in [0.2, 0.25) is 5.91 Å². The van der Waals surface area contributed by atoms with Crippen LogP contribution in [0.3, 0.4) is 0 Å². The predicted octanol–water partition coefficient (Wildman–Crippen LogP) is 2.58. The van der Waals surface area contributed by atoms with Gasteiger partial charge in [-0.15, -0.1) is 6.58 Å². The fraction of sp³-hybridized carbons (Fsp3) is 0.750. The van der Waals surface area contributed by atoms with Crippen LogP contribution in [0.4, 0.5) is 0 Å². The first kappa shape index (κ1) is 29.6. The molecule has 0 aromatic heterocycles. The van der Waals surface area contributed by atoms with Gasteiger partial charge in [0.25, 0.3) is 0 Å². The molecule has 10 heteroatoms. The largest absolute Gasteiger partial charge is 0.463 e. The number of carbonyl (C=O) groups is 4. The van der Waals surface area contributed by atoms with Crippen LogP contribution in [0.15, 0.2) is 12.7 Å². The summed E-state index contributed by atoms with van der Waals surface area (Å²) in [5.74, 6) is -2.24. The highest BCUT2D eigenvalue weighted by Gasteiger charge is 2.51. The summed E-state index contributed by atoms with van der Waals surface area (Å²) in [5.41, 5.74) is 0. The van der Waals surface area contributed by atoms with Crippen LogP contribution in [0.2, 0.25) is 0 Å². The van der Waals surface area contributed by atoms with Crippen molar-refractivity contribution in [3.8, 4) is 0 Å². The molecule has 0 saturated carbocycles. The third kappa shape index (κ3) is 11.6. The standard InChI is InChI=1S/C24H39NO9/c1-6-7-8-9-10-11-12-13-14-30-24-21(25-16(2)26)23(33-19(5)29)22(32-18(4)28)20(34-24)15-31-17(3)27/h6,20-24H,1,7-15H2,2-5H3,(H,25,26)/t20-,21+,22+,23-,24+/m1/s1. The smallest absolute Gasteiger partial charge is 0.303 e. The molecule has 0 bridgehead atoms. The molecule has 5 atom stereocenters. The fourth-order valence-electron chi connectivity index (χ4n) is 3.73. The normalized spacial score (nSPS) is 24.1. The Morgan fingerprint density at radius 3 is 2.00 bits per heavy atom. The minimum atomic E-state index is -1.12. The summed E-state index contributed by atoms with van der Waals surface area (Å²) in [4.78, 5) is 46.8. The molecule has 1 aliphatic heterocycles. The van der Waals surface area contributed by atoms with Gasteiger partial charge in [0, 0.05) is 34.3 Å². The lowest BCUT2D eigenvalue weighted by Gasteiger charge is -2.44. The van der Waals surface area contributed by atoms with Gasteiger partial charge in [0.15, 0.2) is 18.5 Å². The van der Waals surface area contributed by atoms with Crippen molar-refractivity contribution >= 4 is 23.8 Å². The summed E-state index contributed by atoms with van der Waals surface area (Å²) in [6.07, 6.45) is 4.99. The number of carbonyl (C=O) groups excluding carboxylic acids is 4. The minimum absolute atomic E-state index is 0.248. The van der Waals surface area contributed by atoms with Crippen molar-refractivity contribution in [3.05, 3.63) is 12.7 Å². The van der Waals surface area contributed by atoms with Crippen LogP contribution in [0.25, 0.3) is 0 Å². The molecule has 1 N–H and O–H groups in total. The Balaban J connectivity index is 2.90. The predicted molar refractivity (Wildman–Crippen MR) is 122 cm³/mol. The third-order valence-electron chi connectivity index (χ3n) is 5.16. The van der Waals surface area contributed by atoms with Crippen LogP contribution in [0.5, 0.6) is 0 Å². The molecule has 1 heterocycles. The second-order valence-electron chi connectivity index (χ2n) is 8.29. The zero-order valence-corrected chi connectivity index (χ0v) is 20.7. The maximum Gasteiger partial charge on any atom is 0.303 e. The number of hydrogen-bond donors (Lipinski definition) is 1. The van der Waals surface area contributed by atoms with Crippen LogP contribution in [-0.4, -0.2) is 67.7 Å². The first-order valence-electron chi connectivity index (χ1n) is 11.8. The van der Waals surface area contributed by atoms with Crippen molar-refractivity contribution in [1.82, 2.24) is 5.32 Å². The van der Waals surface area contributed by atoms with Gasteiger partial charge < -0.3 is 29.0 Å². The van der Waals surface area contributed by atoms with Crippen LogP contribution in [-0.2, 0) is 42.9 Å². The molecule has 1 aliphatic rings. The van der Waals surface area contributed by atoms with Crippen molar-refractivity contribution in [2.24, 2.45) is 0 Å².